The SMILES string of the molecule is CC1=CC(=O)N(F)S(=O)(=O)O1. The van der Waals surface area contributed by atoms with Crippen molar-refractivity contribution >= 4 is 16.2 Å². The molecule has 5 nitrogen and oxygen atoms in total. The van der Waals surface area contributed by atoms with E-state index in [1.54, 1.807) is 0 Å². The van der Waals surface area contributed by atoms with Crippen molar-refractivity contribution < 1.29 is 21.9 Å². The van der Waals surface area contributed by atoms with Gasteiger partial charge >= 0.3 is 10.3 Å². The summed E-state index contributed by atoms with van der Waals surface area (Å²) in [6.07, 6.45) is 0.737. The van der Waals surface area contributed by atoms with Gasteiger partial charge in [-0.2, -0.15) is 8.42 Å². The van der Waals surface area contributed by atoms with Crippen molar-refractivity contribution in [2.45, 2.75) is 6.92 Å². The van der Waals surface area contributed by atoms with Crippen LogP contribution in [0.5, 0.6) is 0 Å². The third-order valence-electron chi connectivity index (χ3n) is 0.933. The van der Waals surface area contributed by atoms with Gasteiger partial charge in [0, 0.05) is 6.08 Å². The van der Waals surface area contributed by atoms with Gasteiger partial charge in [-0.1, -0.05) is 4.48 Å². The predicted octanol–water partition coefficient (Wildman–Crippen LogP) is -0.122. The van der Waals surface area contributed by atoms with E-state index in [4.69, 9.17) is 0 Å². The second kappa shape index (κ2) is 2.19. The van der Waals surface area contributed by atoms with Crippen LogP contribution in [0.15, 0.2) is 11.8 Å². The van der Waals surface area contributed by atoms with Crippen LogP contribution in [0.25, 0.3) is 0 Å². The molecule has 0 unspecified atom stereocenters. The van der Waals surface area contributed by atoms with Gasteiger partial charge in [-0.25, -0.2) is 0 Å². The summed E-state index contributed by atoms with van der Waals surface area (Å²) < 4.78 is 36.3. The Kier molecular flexibility index (Phi) is 1.59. The van der Waals surface area contributed by atoms with Crippen LogP contribution in [0.2, 0.25) is 0 Å². The molecule has 0 aliphatic carbocycles. The number of carbonyl (C=O) groups is 1. The van der Waals surface area contributed by atoms with E-state index >= 15 is 0 Å². The van der Waals surface area contributed by atoms with Crippen molar-refractivity contribution in [1.29, 1.82) is 0 Å². The first-order valence-electron chi connectivity index (χ1n) is 2.56. The molecule has 1 amide bonds. The van der Waals surface area contributed by atoms with Crippen molar-refractivity contribution in [1.82, 2.24) is 4.53 Å². The van der Waals surface area contributed by atoms with Crippen molar-refractivity contribution in [3.05, 3.63) is 11.8 Å². The molecule has 1 rings (SSSR count). The molecule has 0 aromatic heterocycles. The average molecular weight is 181 g/mol. The number of hydrogen-bond donors (Lipinski definition) is 0. The Balaban J connectivity index is 3.15. The largest absolute Gasteiger partial charge is 0.439 e. The van der Waals surface area contributed by atoms with E-state index in [2.05, 4.69) is 4.18 Å². The minimum atomic E-state index is -4.51. The van der Waals surface area contributed by atoms with Crippen molar-refractivity contribution in [2.75, 3.05) is 0 Å². The van der Waals surface area contributed by atoms with Crippen LogP contribution in [0.4, 0.5) is 4.48 Å². The van der Waals surface area contributed by atoms with E-state index in [9.17, 15) is 17.7 Å². The number of carbonyl (C=O) groups excluding carboxylic acids is 1. The molecule has 11 heavy (non-hydrogen) atoms. The molecule has 1 heterocycles. The highest BCUT2D eigenvalue weighted by atomic mass is 32.2. The van der Waals surface area contributed by atoms with Gasteiger partial charge < -0.3 is 4.18 Å². The molecule has 0 aromatic carbocycles. The number of nitrogens with zero attached hydrogens (tertiary/aromatic N) is 1. The molecule has 0 saturated carbocycles. The second-order valence-electron chi connectivity index (χ2n) is 1.85. The molecule has 62 valence electrons. The van der Waals surface area contributed by atoms with Gasteiger partial charge in [0.15, 0.2) is 0 Å². The Morgan fingerprint density at radius 1 is 1.64 bits per heavy atom. The van der Waals surface area contributed by atoms with Gasteiger partial charge in [0.05, 0.1) is 0 Å². The Labute approximate surface area is 62.2 Å². The first-order chi connectivity index (χ1) is 4.93. The third kappa shape index (κ3) is 1.32. The summed E-state index contributed by atoms with van der Waals surface area (Å²) in [6.45, 7) is 1.24. The number of amides is 1. The minimum Gasteiger partial charge on any atom is -0.370 e. The number of halogens is 1. The van der Waals surface area contributed by atoms with E-state index in [1.165, 1.54) is 6.92 Å². The lowest BCUT2D eigenvalue weighted by atomic mass is 10.5. The highest BCUT2D eigenvalue weighted by molar-refractivity contribution is 7.84. The van der Waals surface area contributed by atoms with E-state index < -0.39 is 20.7 Å². The van der Waals surface area contributed by atoms with Crippen LogP contribution in [-0.2, 0) is 19.3 Å². The van der Waals surface area contributed by atoms with Crippen molar-refractivity contribution in [2.24, 2.45) is 0 Å². The maximum atomic E-state index is 12.3. The summed E-state index contributed by atoms with van der Waals surface area (Å²) in [4.78, 5) is 10.4. The summed E-state index contributed by atoms with van der Waals surface area (Å²) in [7, 11) is -4.51. The van der Waals surface area contributed by atoms with Gasteiger partial charge in [-0.3, -0.25) is 4.79 Å². The second-order valence-corrected chi connectivity index (χ2v) is 3.19. The number of allylic oxidation sites excluding steroid dienone is 1. The molecule has 0 spiro atoms. The molecular weight excluding hydrogens is 177 g/mol. The topological polar surface area (TPSA) is 63.7 Å². The Hall–Kier alpha value is -1.11. The van der Waals surface area contributed by atoms with Gasteiger partial charge in [0.25, 0.3) is 5.91 Å². The van der Waals surface area contributed by atoms with Gasteiger partial charge in [-0.15, -0.1) is 0 Å². The molecule has 0 saturated heterocycles. The smallest absolute Gasteiger partial charge is 0.370 e. The summed E-state index contributed by atoms with van der Waals surface area (Å²) in [5, 5.41) is 0. The van der Waals surface area contributed by atoms with E-state index in [0.717, 1.165) is 6.08 Å². The molecule has 1 aliphatic heterocycles. The monoisotopic (exact) mass is 181 g/mol. The van der Waals surface area contributed by atoms with Gasteiger partial charge in [0.2, 0.25) is 0 Å². The summed E-state index contributed by atoms with van der Waals surface area (Å²) in [6, 6.07) is 0. The lowest BCUT2D eigenvalue weighted by Crippen LogP contribution is -2.33. The molecule has 7 heteroatoms. The molecule has 1 aliphatic rings. The zero-order valence-corrected chi connectivity index (χ0v) is 6.26. The Morgan fingerprint density at radius 3 is 2.64 bits per heavy atom. The average Bonchev–Trinajstić information content (AvgIpc) is 1.81. The molecule has 0 aromatic rings. The predicted molar refractivity (Wildman–Crippen MR) is 31.7 cm³/mol. The Morgan fingerprint density at radius 2 is 2.18 bits per heavy atom. The van der Waals surface area contributed by atoms with Gasteiger partial charge in [0.1, 0.15) is 5.76 Å². The molecule has 0 radical (unpaired) electrons. The number of hydrogen-bond acceptors (Lipinski definition) is 4. The number of rotatable bonds is 0. The first-order valence-corrected chi connectivity index (χ1v) is 3.93. The normalized spacial score (nSPS) is 22.5. The van der Waals surface area contributed by atoms with Gasteiger partial charge in [-0.05, 0) is 11.5 Å². The molecule has 0 N–H and O–H groups in total. The molecule has 0 bridgehead atoms. The minimum absolute atomic E-state index is 0.149. The maximum Gasteiger partial charge on any atom is 0.439 e. The fourth-order valence-electron chi connectivity index (χ4n) is 0.558. The fourth-order valence-corrected chi connectivity index (χ4v) is 1.28. The van der Waals surface area contributed by atoms with Crippen LogP contribution in [0, 0.1) is 0 Å². The zero-order valence-electron chi connectivity index (χ0n) is 5.44. The highest BCUT2D eigenvalue weighted by Crippen LogP contribution is 2.16. The molecule has 0 fully saturated rings. The highest BCUT2D eigenvalue weighted by Gasteiger charge is 2.33. The van der Waals surface area contributed by atoms with E-state index in [0.29, 0.717) is 0 Å². The van der Waals surface area contributed by atoms with E-state index in [-0.39, 0.29) is 5.76 Å². The standard InChI is InChI=1S/C4H4FNO4S/c1-3-2-4(7)6(5)11(8,9)10-3/h2H,1H3. The zero-order chi connectivity index (χ0) is 8.65. The lowest BCUT2D eigenvalue weighted by Gasteiger charge is -2.15. The van der Waals surface area contributed by atoms with Crippen LogP contribution in [0.3, 0.4) is 0 Å². The quantitative estimate of drug-likeness (QED) is 0.488. The summed E-state index contributed by atoms with van der Waals surface area (Å²) in [5.74, 6) is -1.40. The third-order valence-corrected chi connectivity index (χ3v) is 1.98. The van der Waals surface area contributed by atoms with Crippen LogP contribution in [-0.4, -0.2) is 18.9 Å². The lowest BCUT2D eigenvalue weighted by molar-refractivity contribution is -0.131. The molecular formula is C4H4FNO4S. The van der Waals surface area contributed by atoms with E-state index in [1.807, 2.05) is 0 Å². The van der Waals surface area contributed by atoms with Crippen LogP contribution in [0.1, 0.15) is 6.92 Å². The fraction of sp³-hybridized carbons (Fsp3) is 0.250. The van der Waals surface area contributed by atoms with Crippen LogP contribution < -0.4 is 0 Å². The van der Waals surface area contributed by atoms with Crippen molar-refractivity contribution in [3.8, 4) is 0 Å². The first kappa shape index (κ1) is 7.99. The maximum absolute atomic E-state index is 12.3. The van der Waals surface area contributed by atoms with Crippen LogP contribution >= 0.6 is 0 Å². The summed E-state index contributed by atoms with van der Waals surface area (Å²) in [5.41, 5.74) is 0. The summed E-state index contributed by atoms with van der Waals surface area (Å²) >= 11 is 0. The van der Waals surface area contributed by atoms with Crippen molar-refractivity contribution in [3.63, 3.8) is 0 Å². The molecule has 0 atom stereocenters. The Bertz CT molecular complexity index is 319.